The van der Waals surface area contributed by atoms with E-state index >= 15 is 0 Å². The lowest BCUT2D eigenvalue weighted by atomic mass is 10.1. The van der Waals surface area contributed by atoms with Crippen LogP contribution in [0.5, 0.6) is 0 Å². The van der Waals surface area contributed by atoms with Gasteiger partial charge >= 0.3 is 0 Å². The van der Waals surface area contributed by atoms with E-state index in [4.69, 9.17) is 5.73 Å². The molecular formula is C12H17IN2O. The third kappa shape index (κ3) is 4.94. The molecule has 1 rings (SSSR count). The van der Waals surface area contributed by atoms with Gasteiger partial charge in [-0.25, -0.2) is 0 Å². The number of benzene rings is 1. The molecule has 3 N–H and O–H groups in total. The quantitative estimate of drug-likeness (QED) is 0.804. The molecule has 0 aliphatic rings. The number of hydrogen-bond donors (Lipinski definition) is 2. The number of nitrogens with two attached hydrogens (primary N) is 1. The van der Waals surface area contributed by atoms with Gasteiger partial charge in [0.15, 0.2) is 0 Å². The third-order valence-corrected chi connectivity index (χ3v) is 2.97. The highest BCUT2D eigenvalue weighted by Crippen LogP contribution is 2.08. The van der Waals surface area contributed by atoms with Crippen molar-refractivity contribution in [3.63, 3.8) is 0 Å². The molecule has 16 heavy (non-hydrogen) atoms. The van der Waals surface area contributed by atoms with Crippen LogP contribution in [0.2, 0.25) is 0 Å². The molecule has 3 nitrogen and oxygen atoms in total. The summed E-state index contributed by atoms with van der Waals surface area (Å²) in [7, 11) is 0. The molecule has 1 atom stereocenters. The first kappa shape index (κ1) is 13.4. The maximum absolute atomic E-state index is 11.6. The molecule has 1 amide bonds. The smallest absolute Gasteiger partial charge is 0.224 e. The predicted molar refractivity (Wildman–Crippen MR) is 74.1 cm³/mol. The zero-order chi connectivity index (χ0) is 12.0. The van der Waals surface area contributed by atoms with Crippen molar-refractivity contribution in [2.75, 3.05) is 13.1 Å². The summed E-state index contributed by atoms with van der Waals surface area (Å²) in [5.41, 5.74) is 6.52. The molecule has 1 aromatic rings. The molecule has 0 radical (unpaired) electrons. The maximum Gasteiger partial charge on any atom is 0.224 e. The minimum absolute atomic E-state index is 0.0577. The Kier molecular flexibility index (Phi) is 5.76. The molecule has 0 saturated heterocycles. The van der Waals surface area contributed by atoms with Crippen LogP contribution < -0.4 is 11.1 Å². The molecule has 0 saturated carbocycles. The lowest BCUT2D eigenvalue weighted by Crippen LogP contribution is -2.32. The van der Waals surface area contributed by atoms with Crippen LogP contribution in [0.25, 0.3) is 0 Å². The Balaban J connectivity index is 2.40. The molecule has 0 heterocycles. The van der Waals surface area contributed by atoms with Crippen LogP contribution in [0.15, 0.2) is 24.3 Å². The van der Waals surface area contributed by atoms with Crippen LogP contribution in [0.3, 0.4) is 0 Å². The number of nitrogens with one attached hydrogen (secondary N) is 1. The van der Waals surface area contributed by atoms with Gasteiger partial charge in [0, 0.05) is 10.1 Å². The summed E-state index contributed by atoms with van der Waals surface area (Å²) in [6, 6.07) is 7.96. The summed E-state index contributed by atoms with van der Waals surface area (Å²) < 4.78 is 1.15. The van der Waals surface area contributed by atoms with Crippen LogP contribution in [0, 0.1) is 9.49 Å². The molecule has 0 aliphatic heterocycles. The topological polar surface area (TPSA) is 55.1 Å². The van der Waals surface area contributed by atoms with Gasteiger partial charge < -0.3 is 11.1 Å². The standard InChI is InChI=1S/C12H17IN2O/c1-9(7-14)8-15-12(16)6-10-3-2-4-11(13)5-10/h2-5,9H,6-8,14H2,1H3,(H,15,16). The number of rotatable bonds is 5. The van der Waals surface area contributed by atoms with Crippen LogP contribution in [0.1, 0.15) is 12.5 Å². The summed E-state index contributed by atoms with van der Waals surface area (Å²) in [5, 5.41) is 2.88. The maximum atomic E-state index is 11.6. The van der Waals surface area contributed by atoms with Crippen LogP contribution >= 0.6 is 22.6 Å². The van der Waals surface area contributed by atoms with Crippen molar-refractivity contribution in [2.45, 2.75) is 13.3 Å². The first-order valence-corrected chi connectivity index (χ1v) is 6.41. The van der Waals surface area contributed by atoms with Gasteiger partial charge in [-0.1, -0.05) is 19.1 Å². The van der Waals surface area contributed by atoms with Gasteiger partial charge in [0.1, 0.15) is 0 Å². The minimum Gasteiger partial charge on any atom is -0.356 e. The van der Waals surface area contributed by atoms with Crippen LogP contribution in [-0.2, 0) is 11.2 Å². The van der Waals surface area contributed by atoms with Crippen molar-refractivity contribution in [3.05, 3.63) is 33.4 Å². The number of halogens is 1. The SMILES string of the molecule is CC(CN)CNC(=O)Cc1cccc(I)c1. The van der Waals surface area contributed by atoms with Gasteiger partial charge in [0.05, 0.1) is 6.42 Å². The van der Waals surface area contributed by atoms with E-state index in [0.717, 1.165) is 9.13 Å². The fraction of sp³-hybridized carbons (Fsp3) is 0.417. The molecule has 1 unspecified atom stereocenters. The van der Waals surface area contributed by atoms with Gasteiger partial charge in [0.25, 0.3) is 0 Å². The van der Waals surface area contributed by atoms with Crippen molar-refractivity contribution in [1.29, 1.82) is 0 Å². The fourth-order valence-corrected chi connectivity index (χ4v) is 1.87. The first-order valence-electron chi connectivity index (χ1n) is 5.33. The summed E-state index contributed by atoms with van der Waals surface area (Å²) >= 11 is 2.24. The van der Waals surface area contributed by atoms with E-state index in [2.05, 4.69) is 27.9 Å². The van der Waals surface area contributed by atoms with Crippen LogP contribution in [0.4, 0.5) is 0 Å². The molecule has 0 fully saturated rings. The third-order valence-electron chi connectivity index (χ3n) is 2.30. The van der Waals surface area contributed by atoms with Gasteiger partial charge in [-0.15, -0.1) is 0 Å². The zero-order valence-electron chi connectivity index (χ0n) is 9.37. The van der Waals surface area contributed by atoms with E-state index < -0.39 is 0 Å². The summed E-state index contributed by atoms with van der Waals surface area (Å²) in [4.78, 5) is 11.6. The second-order valence-corrected chi connectivity index (χ2v) is 5.20. The molecule has 0 spiro atoms. The summed E-state index contributed by atoms with van der Waals surface area (Å²) in [6.45, 7) is 3.27. The van der Waals surface area contributed by atoms with Crippen LogP contribution in [-0.4, -0.2) is 19.0 Å². The van der Waals surface area contributed by atoms with Gasteiger partial charge in [-0.2, -0.15) is 0 Å². The highest BCUT2D eigenvalue weighted by molar-refractivity contribution is 14.1. The minimum atomic E-state index is 0.0577. The van der Waals surface area contributed by atoms with Crippen molar-refractivity contribution in [3.8, 4) is 0 Å². The number of carbonyl (C=O) groups excluding carboxylic acids is 1. The van der Waals surface area contributed by atoms with E-state index in [0.29, 0.717) is 25.4 Å². The molecule has 0 bridgehead atoms. The number of carbonyl (C=O) groups is 1. The predicted octanol–water partition coefficient (Wildman–Crippen LogP) is 1.54. The monoisotopic (exact) mass is 332 g/mol. The Labute approximate surface area is 110 Å². The largest absolute Gasteiger partial charge is 0.356 e. The highest BCUT2D eigenvalue weighted by Gasteiger charge is 2.05. The molecule has 0 aromatic heterocycles. The summed E-state index contributed by atoms with van der Waals surface area (Å²) in [6.07, 6.45) is 0.439. The molecule has 1 aromatic carbocycles. The Morgan fingerprint density at radius 2 is 2.31 bits per heavy atom. The van der Waals surface area contributed by atoms with E-state index in [1.54, 1.807) is 0 Å². The van der Waals surface area contributed by atoms with Crippen molar-refractivity contribution >= 4 is 28.5 Å². The van der Waals surface area contributed by atoms with Gasteiger partial charge in [-0.3, -0.25) is 4.79 Å². The van der Waals surface area contributed by atoms with Gasteiger partial charge in [0.2, 0.25) is 5.91 Å². The van der Waals surface area contributed by atoms with Crippen molar-refractivity contribution < 1.29 is 4.79 Å². The van der Waals surface area contributed by atoms with Crippen molar-refractivity contribution in [1.82, 2.24) is 5.32 Å². The average Bonchev–Trinajstić information content (AvgIpc) is 2.26. The zero-order valence-corrected chi connectivity index (χ0v) is 11.5. The fourth-order valence-electron chi connectivity index (χ4n) is 1.27. The molecule has 0 aliphatic carbocycles. The average molecular weight is 332 g/mol. The molecule has 88 valence electrons. The molecule has 4 heteroatoms. The van der Waals surface area contributed by atoms with E-state index in [1.807, 2.05) is 31.2 Å². The van der Waals surface area contributed by atoms with E-state index in [9.17, 15) is 4.79 Å². The Bertz CT molecular complexity index is 355. The second kappa shape index (κ2) is 6.85. The summed E-state index contributed by atoms with van der Waals surface area (Å²) in [5.74, 6) is 0.391. The number of hydrogen-bond acceptors (Lipinski definition) is 2. The highest BCUT2D eigenvalue weighted by atomic mass is 127. The lowest BCUT2D eigenvalue weighted by Gasteiger charge is -2.10. The van der Waals surface area contributed by atoms with Gasteiger partial charge in [-0.05, 0) is 52.7 Å². The first-order chi connectivity index (χ1) is 7.61. The van der Waals surface area contributed by atoms with E-state index in [-0.39, 0.29) is 5.91 Å². The molecular weight excluding hydrogens is 315 g/mol. The number of amides is 1. The second-order valence-electron chi connectivity index (χ2n) is 3.95. The van der Waals surface area contributed by atoms with E-state index in [1.165, 1.54) is 0 Å². The Morgan fingerprint density at radius 3 is 2.94 bits per heavy atom. The lowest BCUT2D eigenvalue weighted by molar-refractivity contribution is -0.120. The normalized spacial score (nSPS) is 12.2. The Morgan fingerprint density at radius 1 is 1.56 bits per heavy atom. The Hall–Kier alpha value is -0.620. The van der Waals surface area contributed by atoms with Crippen molar-refractivity contribution in [2.24, 2.45) is 11.7 Å².